The molecule has 1 fully saturated rings. The summed E-state index contributed by atoms with van der Waals surface area (Å²) in [5, 5.41) is 11.8. The Kier molecular flexibility index (Phi) is 6.66. The van der Waals surface area contributed by atoms with Gasteiger partial charge in [0.15, 0.2) is 6.61 Å². The van der Waals surface area contributed by atoms with Crippen LogP contribution < -0.4 is 10.1 Å². The van der Waals surface area contributed by atoms with Gasteiger partial charge in [-0.15, -0.1) is 0 Å². The second kappa shape index (κ2) is 9.37. The molecule has 6 nitrogen and oxygen atoms in total. The summed E-state index contributed by atoms with van der Waals surface area (Å²) in [5.41, 5.74) is 2.16. The fraction of sp³-hybridized carbons (Fsp3) is 0.364. The Bertz CT molecular complexity index is 792. The van der Waals surface area contributed by atoms with Gasteiger partial charge in [0.2, 0.25) is 5.91 Å². The minimum atomic E-state index is -1.01. The first-order valence-corrected chi connectivity index (χ1v) is 9.56. The van der Waals surface area contributed by atoms with Crippen LogP contribution in [0.5, 0.6) is 5.75 Å². The van der Waals surface area contributed by atoms with Crippen molar-refractivity contribution in [1.29, 1.82) is 0 Å². The smallest absolute Gasteiger partial charge is 0.341 e. The molecule has 1 heterocycles. The number of amides is 1. The summed E-state index contributed by atoms with van der Waals surface area (Å²) in [6, 6.07) is 17.1. The second-order valence-corrected chi connectivity index (χ2v) is 7.10. The molecular formula is C22H26N2O4. The number of hydrogen-bond acceptors (Lipinski definition) is 4. The Morgan fingerprint density at radius 1 is 1.18 bits per heavy atom. The van der Waals surface area contributed by atoms with Crippen LogP contribution >= 0.6 is 0 Å². The van der Waals surface area contributed by atoms with Crippen molar-refractivity contribution in [3.05, 3.63) is 65.7 Å². The molecule has 0 spiro atoms. The van der Waals surface area contributed by atoms with Crippen molar-refractivity contribution in [3.8, 4) is 5.75 Å². The first-order valence-electron chi connectivity index (χ1n) is 9.56. The van der Waals surface area contributed by atoms with E-state index in [1.807, 2.05) is 37.3 Å². The van der Waals surface area contributed by atoms with Crippen LogP contribution in [-0.2, 0) is 16.1 Å². The van der Waals surface area contributed by atoms with E-state index in [0.29, 0.717) is 5.75 Å². The summed E-state index contributed by atoms with van der Waals surface area (Å²) >= 11 is 0. The number of aliphatic carboxylic acids is 1. The summed E-state index contributed by atoms with van der Waals surface area (Å²) in [6.45, 7) is 3.28. The number of carbonyl (C=O) groups is 2. The molecular weight excluding hydrogens is 356 g/mol. The number of ether oxygens (including phenoxy) is 1. The first kappa shape index (κ1) is 19.9. The fourth-order valence-electron chi connectivity index (χ4n) is 3.52. The average molecular weight is 382 g/mol. The van der Waals surface area contributed by atoms with Gasteiger partial charge in [-0.1, -0.05) is 42.5 Å². The number of nitrogens with zero attached hydrogens (tertiary/aromatic N) is 1. The van der Waals surface area contributed by atoms with Crippen LogP contribution in [0, 0.1) is 0 Å². The lowest BCUT2D eigenvalue weighted by molar-refractivity contribution is -0.139. The van der Waals surface area contributed by atoms with Gasteiger partial charge in [-0.05, 0) is 49.6 Å². The molecule has 1 aliphatic heterocycles. The monoisotopic (exact) mass is 382 g/mol. The van der Waals surface area contributed by atoms with E-state index in [9.17, 15) is 9.59 Å². The number of hydrogen-bond donors (Lipinski definition) is 2. The van der Waals surface area contributed by atoms with E-state index in [-0.39, 0.29) is 24.6 Å². The Morgan fingerprint density at radius 3 is 2.57 bits per heavy atom. The van der Waals surface area contributed by atoms with Gasteiger partial charge in [0.25, 0.3) is 0 Å². The van der Waals surface area contributed by atoms with Gasteiger partial charge in [-0.3, -0.25) is 9.69 Å². The van der Waals surface area contributed by atoms with Gasteiger partial charge in [0.05, 0.1) is 12.1 Å². The summed E-state index contributed by atoms with van der Waals surface area (Å²) in [6.07, 6.45) is 1.89. The highest BCUT2D eigenvalue weighted by molar-refractivity contribution is 5.82. The van der Waals surface area contributed by atoms with E-state index < -0.39 is 5.97 Å². The zero-order valence-corrected chi connectivity index (χ0v) is 16.0. The van der Waals surface area contributed by atoms with E-state index >= 15 is 0 Å². The van der Waals surface area contributed by atoms with Crippen molar-refractivity contribution < 1.29 is 19.4 Å². The number of benzene rings is 2. The zero-order valence-electron chi connectivity index (χ0n) is 16.0. The fourth-order valence-corrected chi connectivity index (χ4v) is 3.52. The van der Waals surface area contributed by atoms with Crippen LogP contribution in [0.2, 0.25) is 0 Å². The van der Waals surface area contributed by atoms with Crippen molar-refractivity contribution >= 4 is 11.9 Å². The van der Waals surface area contributed by atoms with E-state index in [4.69, 9.17) is 9.84 Å². The molecule has 0 saturated carbocycles. The summed E-state index contributed by atoms with van der Waals surface area (Å²) in [4.78, 5) is 25.6. The van der Waals surface area contributed by atoms with Gasteiger partial charge in [0.1, 0.15) is 5.75 Å². The molecule has 0 radical (unpaired) electrons. The molecule has 2 aromatic rings. The SMILES string of the molecule is CC(NC(=O)C1CCCN1Cc1ccccc1)c1ccc(OCC(=O)O)cc1. The lowest BCUT2D eigenvalue weighted by atomic mass is 10.1. The number of carboxylic acids is 1. The van der Waals surface area contributed by atoms with E-state index in [0.717, 1.165) is 31.5 Å². The van der Waals surface area contributed by atoms with Gasteiger partial charge in [-0.2, -0.15) is 0 Å². The number of carbonyl (C=O) groups excluding carboxylic acids is 1. The molecule has 2 unspecified atom stereocenters. The van der Waals surface area contributed by atoms with E-state index in [2.05, 4.69) is 22.3 Å². The molecule has 0 bridgehead atoms. The third-order valence-electron chi connectivity index (χ3n) is 5.00. The van der Waals surface area contributed by atoms with E-state index in [1.54, 1.807) is 12.1 Å². The van der Waals surface area contributed by atoms with Crippen LogP contribution in [0.15, 0.2) is 54.6 Å². The van der Waals surface area contributed by atoms with Crippen LogP contribution in [0.4, 0.5) is 0 Å². The number of carboxylic acid groups (broad SMARTS) is 1. The molecule has 2 N–H and O–H groups in total. The van der Waals surface area contributed by atoms with Crippen molar-refractivity contribution in [2.75, 3.05) is 13.2 Å². The Hall–Kier alpha value is -2.86. The Morgan fingerprint density at radius 2 is 1.89 bits per heavy atom. The van der Waals surface area contributed by atoms with Crippen LogP contribution in [0.1, 0.15) is 36.9 Å². The lowest BCUT2D eigenvalue weighted by Crippen LogP contribution is -2.43. The van der Waals surface area contributed by atoms with Crippen LogP contribution in [0.25, 0.3) is 0 Å². The van der Waals surface area contributed by atoms with Crippen molar-refractivity contribution in [2.24, 2.45) is 0 Å². The van der Waals surface area contributed by atoms with Crippen molar-refractivity contribution in [1.82, 2.24) is 10.2 Å². The van der Waals surface area contributed by atoms with Gasteiger partial charge < -0.3 is 15.2 Å². The predicted octanol–water partition coefficient (Wildman–Crippen LogP) is 2.99. The lowest BCUT2D eigenvalue weighted by Gasteiger charge is -2.25. The Balaban J connectivity index is 1.56. The Labute approximate surface area is 165 Å². The molecule has 1 amide bonds. The van der Waals surface area contributed by atoms with Crippen molar-refractivity contribution in [2.45, 2.75) is 38.4 Å². The second-order valence-electron chi connectivity index (χ2n) is 7.10. The molecule has 28 heavy (non-hydrogen) atoms. The molecule has 1 aliphatic rings. The first-order chi connectivity index (χ1) is 13.5. The van der Waals surface area contributed by atoms with Crippen LogP contribution in [-0.4, -0.2) is 41.1 Å². The molecule has 6 heteroatoms. The maximum atomic E-state index is 12.8. The number of nitrogens with one attached hydrogen (secondary N) is 1. The maximum absolute atomic E-state index is 12.8. The number of likely N-dealkylation sites (tertiary alicyclic amines) is 1. The zero-order chi connectivity index (χ0) is 19.9. The summed E-state index contributed by atoms with van der Waals surface area (Å²) in [7, 11) is 0. The minimum Gasteiger partial charge on any atom is -0.482 e. The van der Waals surface area contributed by atoms with Crippen molar-refractivity contribution in [3.63, 3.8) is 0 Å². The minimum absolute atomic E-state index is 0.0483. The predicted molar refractivity (Wildman–Crippen MR) is 106 cm³/mol. The molecule has 2 atom stereocenters. The largest absolute Gasteiger partial charge is 0.482 e. The quantitative estimate of drug-likeness (QED) is 0.734. The molecule has 0 aromatic heterocycles. The highest BCUT2D eigenvalue weighted by atomic mass is 16.5. The standard InChI is InChI=1S/C22H26N2O4/c1-16(18-9-11-19(12-10-18)28-15-21(25)26)23-22(27)20-8-5-13-24(20)14-17-6-3-2-4-7-17/h2-4,6-7,9-12,16,20H,5,8,13-15H2,1H3,(H,23,27)(H,25,26). The highest BCUT2D eigenvalue weighted by Crippen LogP contribution is 2.22. The number of rotatable bonds is 8. The van der Waals surface area contributed by atoms with Gasteiger partial charge >= 0.3 is 5.97 Å². The highest BCUT2D eigenvalue weighted by Gasteiger charge is 2.31. The third kappa shape index (κ3) is 5.33. The molecule has 3 rings (SSSR count). The van der Waals surface area contributed by atoms with Gasteiger partial charge in [0, 0.05) is 6.54 Å². The summed E-state index contributed by atoms with van der Waals surface area (Å²) < 4.78 is 5.14. The van der Waals surface area contributed by atoms with Gasteiger partial charge in [-0.25, -0.2) is 4.79 Å². The van der Waals surface area contributed by atoms with E-state index in [1.165, 1.54) is 5.56 Å². The topological polar surface area (TPSA) is 78.9 Å². The third-order valence-corrected chi connectivity index (χ3v) is 5.00. The molecule has 0 aliphatic carbocycles. The average Bonchev–Trinajstić information content (AvgIpc) is 3.15. The molecule has 1 saturated heterocycles. The van der Waals surface area contributed by atoms with Crippen LogP contribution in [0.3, 0.4) is 0 Å². The molecule has 2 aromatic carbocycles. The maximum Gasteiger partial charge on any atom is 0.341 e. The summed E-state index contributed by atoms with van der Waals surface area (Å²) in [5.74, 6) is -0.469. The normalized spacial score (nSPS) is 17.8. The molecule has 148 valence electrons.